The summed E-state index contributed by atoms with van der Waals surface area (Å²) in [6.45, 7) is 4.75. The molecule has 4 rings (SSSR count). The summed E-state index contributed by atoms with van der Waals surface area (Å²) < 4.78 is 0. The Morgan fingerprint density at radius 1 is 1.17 bits per heavy atom. The molecule has 0 bridgehead atoms. The van der Waals surface area contributed by atoms with Gasteiger partial charge in [0.1, 0.15) is 11.5 Å². The summed E-state index contributed by atoms with van der Waals surface area (Å²) in [5.74, 6) is 0.229. The lowest BCUT2D eigenvalue weighted by atomic mass is 9.99. The van der Waals surface area contributed by atoms with Crippen LogP contribution in [0.4, 0.5) is 0 Å². The molecule has 2 aromatic heterocycles. The summed E-state index contributed by atoms with van der Waals surface area (Å²) in [4.78, 5) is 56.8. The van der Waals surface area contributed by atoms with Gasteiger partial charge in [-0.2, -0.15) is 0 Å². The monoisotopic (exact) mass is 396 g/mol. The van der Waals surface area contributed by atoms with Gasteiger partial charge in [-0.1, -0.05) is 0 Å². The molecule has 4 heterocycles. The molecular weight excluding hydrogens is 372 g/mol. The van der Waals surface area contributed by atoms with E-state index in [0.29, 0.717) is 49.6 Å². The van der Waals surface area contributed by atoms with Crippen LogP contribution in [-0.2, 0) is 17.8 Å². The van der Waals surface area contributed by atoms with Gasteiger partial charge in [-0.15, -0.1) is 0 Å². The Morgan fingerprint density at radius 2 is 2.00 bits per heavy atom. The highest BCUT2D eigenvalue weighted by Crippen LogP contribution is 2.30. The smallest absolute Gasteiger partial charge is 0.274 e. The lowest BCUT2D eigenvalue weighted by Gasteiger charge is -2.35. The van der Waals surface area contributed by atoms with E-state index >= 15 is 0 Å². The van der Waals surface area contributed by atoms with Crippen LogP contribution in [0, 0.1) is 6.92 Å². The number of amides is 2. The van der Waals surface area contributed by atoms with Crippen molar-refractivity contribution in [1.82, 2.24) is 29.7 Å². The average molecular weight is 396 g/mol. The molecule has 1 N–H and O–H groups in total. The fraction of sp³-hybridized carbons (Fsp3) is 0.500. The van der Waals surface area contributed by atoms with Crippen LogP contribution in [-0.4, -0.2) is 54.6 Å². The van der Waals surface area contributed by atoms with Crippen molar-refractivity contribution in [2.45, 2.75) is 52.1 Å². The van der Waals surface area contributed by atoms with E-state index < -0.39 is 0 Å². The second-order valence-electron chi connectivity index (χ2n) is 7.62. The molecule has 1 fully saturated rings. The predicted octanol–water partition coefficient (Wildman–Crippen LogP) is 1.14. The molecule has 2 aromatic rings. The van der Waals surface area contributed by atoms with Crippen molar-refractivity contribution < 1.29 is 9.59 Å². The summed E-state index contributed by atoms with van der Waals surface area (Å²) in [7, 11) is 0. The van der Waals surface area contributed by atoms with Crippen LogP contribution >= 0.6 is 0 Å². The number of fused-ring (bicyclic) bond motifs is 1. The number of likely N-dealkylation sites (tertiary alicyclic amines) is 1. The van der Waals surface area contributed by atoms with Crippen LogP contribution in [0.1, 0.15) is 65.5 Å². The van der Waals surface area contributed by atoms with Gasteiger partial charge >= 0.3 is 0 Å². The first-order valence-corrected chi connectivity index (χ1v) is 9.91. The Hall–Kier alpha value is -3.10. The Kier molecular flexibility index (Phi) is 5.12. The van der Waals surface area contributed by atoms with Crippen LogP contribution < -0.4 is 5.56 Å². The molecule has 0 aromatic carbocycles. The first-order valence-electron chi connectivity index (χ1n) is 9.91. The Balaban J connectivity index is 1.67. The fourth-order valence-corrected chi connectivity index (χ4v) is 3.99. The third kappa shape index (κ3) is 3.76. The van der Waals surface area contributed by atoms with Crippen molar-refractivity contribution in [3.8, 4) is 0 Å². The number of carbonyl (C=O) groups excluding carboxylic acids is 2. The van der Waals surface area contributed by atoms with E-state index in [1.54, 1.807) is 16.0 Å². The van der Waals surface area contributed by atoms with Gasteiger partial charge in [0, 0.05) is 31.8 Å². The quantitative estimate of drug-likeness (QED) is 0.815. The molecular formula is C20H24N6O3. The van der Waals surface area contributed by atoms with Crippen molar-refractivity contribution in [2.24, 2.45) is 0 Å². The molecule has 9 nitrogen and oxygen atoms in total. The van der Waals surface area contributed by atoms with Gasteiger partial charge in [0.2, 0.25) is 5.91 Å². The van der Waals surface area contributed by atoms with Gasteiger partial charge in [-0.05, 0) is 32.6 Å². The highest BCUT2D eigenvalue weighted by molar-refractivity contribution is 5.92. The largest absolute Gasteiger partial charge is 0.337 e. The van der Waals surface area contributed by atoms with E-state index in [0.717, 1.165) is 18.5 Å². The van der Waals surface area contributed by atoms with Gasteiger partial charge in [-0.3, -0.25) is 19.4 Å². The zero-order chi connectivity index (χ0) is 20.5. The van der Waals surface area contributed by atoms with Crippen molar-refractivity contribution in [3.63, 3.8) is 0 Å². The van der Waals surface area contributed by atoms with Crippen molar-refractivity contribution >= 4 is 11.8 Å². The zero-order valence-corrected chi connectivity index (χ0v) is 16.6. The Morgan fingerprint density at radius 3 is 2.72 bits per heavy atom. The summed E-state index contributed by atoms with van der Waals surface area (Å²) >= 11 is 0. The lowest BCUT2D eigenvalue weighted by Crippen LogP contribution is -2.42. The Bertz CT molecular complexity index is 1000. The highest BCUT2D eigenvalue weighted by Gasteiger charge is 2.32. The molecule has 2 aliphatic heterocycles. The maximum atomic E-state index is 13.1. The molecule has 0 spiro atoms. The number of carbonyl (C=O) groups is 2. The van der Waals surface area contributed by atoms with Gasteiger partial charge in [0.05, 0.1) is 30.2 Å². The Labute approximate surface area is 168 Å². The average Bonchev–Trinajstić information content (AvgIpc) is 2.73. The molecule has 1 unspecified atom stereocenters. The SMILES string of the molecule is CC(=O)N1CCc2c(nc(C3CCCCN3C(=O)c3cnc(C)cn3)[nH]c2=O)C1. The minimum Gasteiger partial charge on any atom is -0.337 e. The van der Waals surface area contributed by atoms with Crippen molar-refractivity contribution in [3.05, 3.63) is 51.2 Å². The summed E-state index contributed by atoms with van der Waals surface area (Å²) in [6.07, 6.45) is 6.08. The normalized spacial score (nSPS) is 19.0. The van der Waals surface area contributed by atoms with Crippen LogP contribution in [0.15, 0.2) is 17.2 Å². The second-order valence-corrected chi connectivity index (χ2v) is 7.62. The maximum absolute atomic E-state index is 13.1. The molecule has 0 aliphatic carbocycles. The van der Waals surface area contributed by atoms with Gasteiger partial charge < -0.3 is 14.8 Å². The minimum atomic E-state index is -0.329. The van der Waals surface area contributed by atoms with Crippen molar-refractivity contribution in [1.29, 1.82) is 0 Å². The first-order chi connectivity index (χ1) is 13.9. The van der Waals surface area contributed by atoms with Crippen LogP contribution in [0.5, 0.6) is 0 Å². The number of nitrogens with one attached hydrogen (secondary N) is 1. The molecule has 1 saturated heterocycles. The fourth-order valence-electron chi connectivity index (χ4n) is 3.99. The maximum Gasteiger partial charge on any atom is 0.274 e. The number of piperidine rings is 1. The van der Waals surface area contributed by atoms with Crippen LogP contribution in [0.2, 0.25) is 0 Å². The number of H-pyrrole nitrogens is 1. The molecule has 2 aliphatic rings. The topological polar surface area (TPSA) is 112 Å². The molecule has 2 amide bonds. The number of hydrogen-bond donors (Lipinski definition) is 1. The number of rotatable bonds is 2. The molecule has 29 heavy (non-hydrogen) atoms. The third-order valence-electron chi connectivity index (χ3n) is 5.62. The van der Waals surface area contributed by atoms with Gasteiger partial charge in [0.15, 0.2) is 0 Å². The zero-order valence-electron chi connectivity index (χ0n) is 16.6. The summed E-state index contributed by atoms with van der Waals surface area (Å²) in [6, 6.07) is -0.329. The van der Waals surface area contributed by atoms with E-state index in [1.807, 2.05) is 6.92 Å². The summed E-state index contributed by atoms with van der Waals surface area (Å²) in [5, 5.41) is 0. The second kappa shape index (κ2) is 7.73. The van der Waals surface area contributed by atoms with E-state index in [9.17, 15) is 14.4 Å². The van der Waals surface area contributed by atoms with Gasteiger partial charge in [0.25, 0.3) is 11.5 Å². The number of hydrogen-bond acceptors (Lipinski definition) is 6. The number of aromatic amines is 1. The third-order valence-corrected chi connectivity index (χ3v) is 5.62. The van der Waals surface area contributed by atoms with Crippen LogP contribution in [0.25, 0.3) is 0 Å². The van der Waals surface area contributed by atoms with Crippen LogP contribution in [0.3, 0.4) is 0 Å². The van der Waals surface area contributed by atoms with E-state index in [2.05, 4.69) is 15.0 Å². The lowest BCUT2D eigenvalue weighted by molar-refractivity contribution is -0.129. The number of nitrogens with zero attached hydrogens (tertiary/aromatic N) is 5. The van der Waals surface area contributed by atoms with Gasteiger partial charge in [-0.25, -0.2) is 9.97 Å². The number of aromatic nitrogens is 4. The number of aryl methyl sites for hydroxylation is 1. The van der Waals surface area contributed by atoms with E-state index in [-0.39, 0.29) is 29.1 Å². The van der Waals surface area contributed by atoms with E-state index in [4.69, 9.17) is 4.98 Å². The van der Waals surface area contributed by atoms with E-state index in [1.165, 1.54) is 13.1 Å². The highest BCUT2D eigenvalue weighted by atomic mass is 16.2. The summed E-state index contributed by atoms with van der Waals surface area (Å²) in [5.41, 5.74) is 2.10. The molecule has 0 saturated carbocycles. The first kappa shape index (κ1) is 19.2. The molecule has 1 atom stereocenters. The van der Waals surface area contributed by atoms with Crippen molar-refractivity contribution in [2.75, 3.05) is 13.1 Å². The predicted molar refractivity (Wildman–Crippen MR) is 104 cm³/mol. The molecule has 0 radical (unpaired) electrons. The molecule has 152 valence electrons. The molecule has 9 heteroatoms. The standard InChI is InChI=1S/C20H24N6O3/c1-12-9-22-15(10-21-12)20(29)26-7-4-3-5-17(26)18-23-16-11-25(13(2)27)8-6-14(16)19(28)24-18/h9-10,17H,3-8,11H2,1-2H3,(H,23,24,28). The minimum absolute atomic E-state index is 0.0355.